The molecule has 7 heteroatoms. The number of ether oxygens (including phenoxy) is 1. The van der Waals surface area contributed by atoms with E-state index in [2.05, 4.69) is 11.3 Å². The molecular weight excluding hydrogens is 238 g/mol. The maximum Gasteiger partial charge on any atom is 2.00 e. The van der Waals surface area contributed by atoms with Gasteiger partial charge in [0.15, 0.2) is 0 Å². The van der Waals surface area contributed by atoms with Crippen LogP contribution in [0.25, 0.3) is 0 Å². The van der Waals surface area contributed by atoms with Gasteiger partial charge in [0.25, 0.3) is 0 Å². The van der Waals surface area contributed by atoms with E-state index in [1.807, 2.05) is 0 Å². The van der Waals surface area contributed by atoms with E-state index in [1.54, 1.807) is 0 Å². The monoisotopic (exact) mass is 247 g/mol. The first-order valence-corrected chi connectivity index (χ1v) is 4.89. The van der Waals surface area contributed by atoms with Gasteiger partial charge in [-0.3, -0.25) is 0 Å². The van der Waals surface area contributed by atoms with E-state index in [9.17, 15) is 19.1 Å². The summed E-state index contributed by atoms with van der Waals surface area (Å²) in [4.78, 5) is 30.7. The Morgan fingerprint density at radius 3 is 2.31 bits per heavy atom. The van der Waals surface area contributed by atoms with Crippen molar-refractivity contribution in [2.24, 2.45) is 0 Å². The normalized spacial score (nSPS) is 10.1. The minimum absolute atomic E-state index is 0. The molecule has 5 nitrogen and oxygen atoms in total. The predicted octanol–water partition coefficient (Wildman–Crippen LogP) is -0.983. The molecule has 0 aromatic heterocycles. The summed E-state index contributed by atoms with van der Waals surface area (Å²) in [6.45, 7) is 4.29. The van der Waals surface area contributed by atoms with Crippen LogP contribution < -0.4 is 9.79 Å². The summed E-state index contributed by atoms with van der Waals surface area (Å²) < 4.78 is 14.4. The van der Waals surface area contributed by atoms with Crippen LogP contribution in [0.2, 0.25) is 0 Å². The second kappa shape index (κ2) is 6.35. The molecule has 0 saturated heterocycles. The van der Waals surface area contributed by atoms with Crippen LogP contribution in [0.5, 0.6) is 0 Å². The van der Waals surface area contributed by atoms with E-state index in [1.165, 1.54) is 6.92 Å². The zero-order chi connectivity index (χ0) is 9.78. The Kier molecular flexibility index (Phi) is 7.50. The molecule has 0 aliphatic heterocycles. The van der Waals surface area contributed by atoms with Gasteiger partial charge in [-0.1, -0.05) is 14.2 Å². The summed E-state index contributed by atoms with van der Waals surface area (Å²) in [5.41, 5.74) is 0.168. The van der Waals surface area contributed by atoms with Gasteiger partial charge in [0.1, 0.15) is 0 Å². The van der Waals surface area contributed by atoms with E-state index in [-0.39, 0.29) is 22.6 Å². The average Bonchev–Trinajstić information content (AvgIpc) is 1.84. The molecule has 13 heavy (non-hydrogen) atoms. The van der Waals surface area contributed by atoms with E-state index in [0.29, 0.717) is 0 Å². The summed E-state index contributed by atoms with van der Waals surface area (Å²) in [5, 5.41) is 0. The zero-order valence-corrected chi connectivity index (χ0v) is 9.06. The summed E-state index contributed by atoms with van der Waals surface area (Å²) in [5.74, 6) is -0.691. The van der Waals surface area contributed by atoms with Crippen LogP contribution in [0, 0.1) is 0 Å². The number of hydrogen-bond acceptors (Lipinski definition) is 5. The topological polar surface area (TPSA) is 89.5 Å². The summed E-state index contributed by atoms with van der Waals surface area (Å²) in [6, 6.07) is 0. The molecular formula is C6H9MnO5P. The van der Waals surface area contributed by atoms with Gasteiger partial charge in [-0.15, -0.1) is 0 Å². The quantitative estimate of drug-likeness (QED) is 0.275. The minimum atomic E-state index is -4.56. The van der Waals surface area contributed by atoms with Gasteiger partial charge in [0.05, 0.1) is 6.61 Å². The van der Waals surface area contributed by atoms with Gasteiger partial charge in [-0.05, 0) is 6.92 Å². The Morgan fingerprint density at radius 1 is 1.54 bits per heavy atom. The number of carbonyl (C=O) groups excluding carboxylic acids is 1. The van der Waals surface area contributed by atoms with Crippen molar-refractivity contribution >= 4 is 13.6 Å². The van der Waals surface area contributed by atoms with Crippen molar-refractivity contribution in [1.29, 1.82) is 0 Å². The van der Waals surface area contributed by atoms with Crippen LogP contribution in [-0.2, 0) is 31.2 Å². The van der Waals surface area contributed by atoms with Crippen LogP contribution in [0.15, 0.2) is 12.2 Å². The Morgan fingerprint density at radius 2 is 2.00 bits per heavy atom. The van der Waals surface area contributed by atoms with Gasteiger partial charge in [0.2, 0.25) is 0 Å². The van der Waals surface area contributed by atoms with Crippen LogP contribution in [-0.4, -0.2) is 18.7 Å². The maximum absolute atomic E-state index is 10.6. The molecule has 1 radical (unpaired) electrons. The van der Waals surface area contributed by atoms with Crippen molar-refractivity contribution in [2.45, 2.75) is 6.92 Å². The molecule has 75 valence electrons. The molecule has 0 fully saturated rings. The molecule has 0 aromatic carbocycles. The second-order valence-corrected chi connectivity index (χ2v) is 3.92. The van der Waals surface area contributed by atoms with Crippen molar-refractivity contribution in [3.8, 4) is 0 Å². The van der Waals surface area contributed by atoms with Crippen molar-refractivity contribution in [3.63, 3.8) is 0 Å². The zero-order valence-electron chi connectivity index (χ0n) is 6.99. The molecule has 0 amide bonds. The Labute approximate surface area is 86.8 Å². The molecule has 0 heterocycles. The van der Waals surface area contributed by atoms with Crippen molar-refractivity contribution < 1.29 is 41.0 Å². The van der Waals surface area contributed by atoms with Gasteiger partial charge in [0, 0.05) is 11.7 Å². The smallest absolute Gasteiger partial charge is 0.811 e. The fourth-order valence-corrected chi connectivity index (χ4v) is 0.688. The second-order valence-electron chi connectivity index (χ2n) is 2.25. The Balaban J connectivity index is 0. The number of esters is 1. The van der Waals surface area contributed by atoms with E-state index >= 15 is 0 Å². The first kappa shape index (κ1) is 15.4. The third-order valence-corrected chi connectivity index (χ3v) is 1.68. The largest absolute Gasteiger partial charge is 2.00 e. The molecule has 0 aliphatic rings. The molecule has 0 atom stereocenters. The molecule has 0 spiro atoms. The summed E-state index contributed by atoms with van der Waals surface area (Å²) in [6.07, 6.45) is -0.675. The number of hydrogen-bond donors (Lipinski definition) is 0. The van der Waals surface area contributed by atoms with Crippen LogP contribution in [0.3, 0.4) is 0 Å². The minimum Gasteiger partial charge on any atom is -0.811 e. The summed E-state index contributed by atoms with van der Waals surface area (Å²) >= 11 is 0. The fourth-order valence-electron chi connectivity index (χ4n) is 0.373. The van der Waals surface area contributed by atoms with Crippen LogP contribution in [0.1, 0.15) is 6.92 Å². The molecule has 0 N–H and O–H groups in total. The van der Waals surface area contributed by atoms with Crippen LogP contribution >= 0.6 is 7.60 Å². The molecule has 0 aromatic rings. The van der Waals surface area contributed by atoms with Gasteiger partial charge in [-0.2, -0.15) is 0 Å². The SMILES string of the molecule is C=C(C)C(=O)OCCP(=O)([O-])[O-].[Mn+2]. The van der Waals surface area contributed by atoms with E-state index < -0.39 is 26.3 Å². The predicted molar refractivity (Wildman–Crippen MR) is 38.2 cm³/mol. The number of rotatable bonds is 4. The third kappa shape index (κ3) is 9.80. The maximum atomic E-state index is 10.6. The first-order valence-electron chi connectivity index (χ1n) is 3.16. The number of carbonyl (C=O) groups is 1. The molecule has 0 saturated carbocycles. The molecule has 0 unspecified atom stereocenters. The Hall–Kier alpha value is -0.121. The van der Waals surface area contributed by atoms with Gasteiger partial charge < -0.3 is 19.1 Å². The molecule has 0 bridgehead atoms. The van der Waals surface area contributed by atoms with Gasteiger partial charge >= 0.3 is 23.0 Å². The van der Waals surface area contributed by atoms with E-state index in [0.717, 1.165) is 0 Å². The Bertz CT molecular complexity index is 233. The van der Waals surface area contributed by atoms with Crippen LogP contribution in [0.4, 0.5) is 0 Å². The molecule has 0 rings (SSSR count). The first-order chi connectivity index (χ1) is 5.33. The van der Waals surface area contributed by atoms with Gasteiger partial charge in [-0.25, -0.2) is 4.79 Å². The summed E-state index contributed by atoms with van der Waals surface area (Å²) in [7, 11) is -4.56. The average molecular weight is 247 g/mol. The van der Waals surface area contributed by atoms with Crippen molar-refractivity contribution in [1.82, 2.24) is 0 Å². The fraction of sp³-hybridized carbons (Fsp3) is 0.500. The standard InChI is InChI=1S/C6H11O5P.Mn/c1-5(2)6(7)11-3-4-12(8,9)10;/h1,3-4H2,2H3,(H2,8,9,10);/q;+2/p-2. The van der Waals surface area contributed by atoms with Crippen molar-refractivity contribution in [2.75, 3.05) is 12.8 Å². The van der Waals surface area contributed by atoms with Crippen molar-refractivity contribution in [3.05, 3.63) is 12.2 Å². The molecule has 0 aliphatic carbocycles. The third-order valence-electron chi connectivity index (χ3n) is 0.947. The van der Waals surface area contributed by atoms with E-state index in [4.69, 9.17) is 0 Å².